The lowest BCUT2D eigenvalue weighted by Gasteiger charge is -2.03. The van der Waals surface area contributed by atoms with Gasteiger partial charge in [-0.2, -0.15) is 0 Å². The molecule has 1 aliphatic carbocycles. The number of nitrogens with two attached hydrogens (primary N) is 1. The topological polar surface area (TPSA) is 39.2 Å². The van der Waals surface area contributed by atoms with Crippen molar-refractivity contribution in [2.45, 2.75) is 19.8 Å². The Morgan fingerprint density at radius 1 is 1.32 bits per heavy atom. The van der Waals surface area contributed by atoms with Crippen LogP contribution in [0, 0.1) is 0 Å². The molecule has 2 aromatic rings. The molecule has 0 amide bonds. The van der Waals surface area contributed by atoms with Crippen LogP contribution in [0.1, 0.15) is 24.5 Å². The Kier molecular flexibility index (Phi) is 3.00. The second-order valence-corrected chi connectivity index (χ2v) is 4.73. The summed E-state index contributed by atoms with van der Waals surface area (Å²) in [5, 5.41) is 1.15. The first-order valence-corrected chi connectivity index (χ1v) is 6.63. The molecule has 0 radical (unpaired) electrons. The van der Waals surface area contributed by atoms with Crippen LogP contribution in [-0.2, 0) is 6.42 Å². The zero-order valence-electron chi connectivity index (χ0n) is 11.0. The van der Waals surface area contributed by atoms with Crippen LogP contribution in [0.15, 0.2) is 52.5 Å². The number of aryl methyl sites for hydroxylation is 1. The van der Waals surface area contributed by atoms with E-state index < -0.39 is 0 Å². The van der Waals surface area contributed by atoms with Gasteiger partial charge in [-0.15, -0.1) is 0 Å². The van der Waals surface area contributed by atoms with Crippen molar-refractivity contribution in [2.24, 2.45) is 0 Å². The third-order valence-electron chi connectivity index (χ3n) is 3.49. The van der Waals surface area contributed by atoms with Crippen LogP contribution in [-0.4, -0.2) is 0 Å². The summed E-state index contributed by atoms with van der Waals surface area (Å²) in [6.07, 6.45) is 12.4. The molecular weight excluding hydrogens is 234 g/mol. The highest BCUT2D eigenvalue weighted by Gasteiger charge is 2.13. The van der Waals surface area contributed by atoms with E-state index in [-0.39, 0.29) is 0 Å². The molecule has 1 aromatic heterocycles. The molecule has 0 atom stereocenters. The lowest BCUT2D eigenvalue weighted by atomic mass is 10.00. The minimum absolute atomic E-state index is 0.506. The number of hydrogen-bond acceptors (Lipinski definition) is 2. The third-order valence-corrected chi connectivity index (χ3v) is 3.49. The molecule has 1 aliphatic rings. The lowest BCUT2D eigenvalue weighted by Crippen LogP contribution is -1.88. The van der Waals surface area contributed by atoms with Gasteiger partial charge < -0.3 is 10.2 Å². The first kappa shape index (κ1) is 11.8. The Morgan fingerprint density at radius 3 is 2.95 bits per heavy atom. The zero-order valence-corrected chi connectivity index (χ0v) is 11.0. The highest BCUT2D eigenvalue weighted by atomic mass is 16.3. The normalized spacial score (nSPS) is 16.6. The quantitative estimate of drug-likeness (QED) is 0.854. The molecule has 1 heterocycles. The predicted octanol–water partition coefficient (Wildman–Crippen LogP) is 4.48. The SMILES string of the molecule is CCc1cccc2oc(N)c(/C=C3/C=CC=CC3)c12. The van der Waals surface area contributed by atoms with Gasteiger partial charge in [0.25, 0.3) is 0 Å². The van der Waals surface area contributed by atoms with Crippen molar-refractivity contribution in [3.8, 4) is 0 Å². The molecule has 0 aliphatic heterocycles. The Balaban J connectivity index is 2.20. The third kappa shape index (κ3) is 2.10. The number of benzene rings is 1. The van der Waals surface area contributed by atoms with Crippen LogP contribution in [0.3, 0.4) is 0 Å². The summed E-state index contributed by atoms with van der Waals surface area (Å²) in [4.78, 5) is 0. The fraction of sp³-hybridized carbons (Fsp3) is 0.176. The monoisotopic (exact) mass is 251 g/mol. The summed E-state index contributed by atoms with van der Waals surface area (Å²) < 4.78 is 5.67. The summed E-state index contributed by atoms with van der Waals surface area (Å²) in [5.41, 5.74) is 10.5. The summed E-state index contributed by atoms with van der Waals surface area (Å²) in [5.74, 6) is 0.506. The van der Waals surface area contributed by atoms with E-state index in [0.29, 0.717) is 5.88 Å². The molecular formula is C17H17NO. The van der Waals surface area contributed by atoms with E-state index in [9.17, 15) is 0 Å². The number of anilines is 1. The summed E-state index contributed by atoms with van der Waals surface area (Å²) in [6, 6.07) is 6.13. The van der Waals surface area contributed by atoms with E-state index in [1.54, 1.807) is 0 Å². The second-order valence-electron chi connectivity index (χ2n) is 4.73. The lowest BCUT2D eigenvalue weighted by molar-refractivity contribution is 0.636. The standard InChI is InChI=1S/C17H17NO/c1-2-13-9-6-10-15-16(13)14(17(18)19-15)11-12-7-4-3-5-8-12/h3-7,9-11H,2,8,18H2,1H3/b12-11-. The Morgan fingerprint density at radius 2 is 2.21 bits per heavy atom. The van der Waals surface area contributed by atoms with Gasteiger partial charge in [0.2, 0.25) is 0 Å². The first-order valence-electron chi connectivity index (χ1n) is 6.63. The van der Waals surface area contributed by atoms with E-state index in [0.717, 1.165) is 29.4 Å². The number of nitrogen functional groups attached to an aromatic ring is 1. The average Bonchev–Trinajstić information content (AvgIpc) is 2.76. The van der Waals surface area contributed by atoms with Crippen LogP contribution in [0.5, 0.6) is 0 Å². The minimum atomic E-state index is 0.506. The number of allylic oxidation sites excluding steroid dienone is 5. The molecule has 2 N–H and O–H groups in total. The average molecular weight is 251 g/mol. The second kappa shape index (κ2) is 4.81. The van der Waals surface area contributed by atoms with Gasteiger partial charge in [-0.1, -0.05) is 43.4 Å². The fourth-order valence-corrected chi connectivity index (χ4v) is 2.52. The molecule has 0 spiro atoms. The summed E-state index contributed by atoms with van der Waals surface area (Å²) >= 11 is 0. The van der Waals surface area contributed by atoms with E-state index in [1.807, 2.05) is 12.1 Å². The van der Waals surface area contributed by atoms with Crippen LogP contribution >= 0.6 is 0 Å². The highest BCUT2D eigenvalue weighted by molar-refractivity contribution is 5.95. The Hall–Kier alpha value is -2.22. The van der Waals surface area contributed by atoms with Crippen molar-refractivity contribution in [2.75, 3.05) is 5.73 Å². The van der Waals surface area contributed by atoms with Crippen LogP contribution < -0.4 is 5.73 Å². The van der Waals surface area contributed by atoms with Gasteiger partial charge in [-0.25, -0.2) is 0 Å². The molecule has 1 aromatic carbocycles. The number of furan rings is 1. The molecule has 2 nitrogen and oxygen atoms in total. The predicted molar refractivity (Wildman–Crippen MR) is 80.9 cm³/mol. The van der Waals surface area contributed by atoms with Gasteiger partial charge in [0.05, 0.1) is 0 Å². The van der Waals surface area contributed by atoms with E-state index in [4.69, 9.17) is 10.2 Å². The molecule has 2 heteroatoms. The highest BCUT2D eigenvalue weighted by Crippen LogP contribution is 2.33. The summed E-state index contributed by atoms with van der Waals surface area (Å²) in [6.45, 7) is 2.15. The first-order chi connectivity index (χ1) is 9.29. The number of hydrogen-bond donors (Lipinski definition) is 1. The molecule has 0 bridgehead atoms. The van der Waals surface area contributed by atoms with Crippen LogP contribution in [0.2, 0.25) is 0 Å². The number of rotatable bonds is 2. The molecule has 0 saturated carbocycles. The molecule has 19 heavy (non-hydrogen) atoms. The van der Waals surface area contributed by atoms with Gasteiger partial charge in [0.15, 0.2) is 5.88 Å². The van der Waals surface area contributed by atoms with Crippen LogP contribution in [0.4, 0.5) is 5.88 Å². The largest absolute Gasteiger partial charge is 0.440 e. The van der Waals surface area contributed by atoms with Crippen molar-refractivity contribution >= 4 is 22.9 Å². The molecule has 0 fully saturated rings. The smallest absolute Gasteiger partial charge is 0.198 e. The van der Waals surface area contributed by atoms with Crippen molar-refractivity contribution in [1.29, 1.82) is 0 Å². The van der Waals surface area contributed by atoms with Crippen molar-refractivity contribution in [3.63, 3.8) is 0 Å². The maximum atomic E-state index is 6.04. The van der Waals surface area contributed by atoms with Gasteiger partial charge in [0, 0.05) is 10.9 Å². The minimum Gasteiger partial charge on any atom is -0.440 e. The molecule has 0 saturated heterocycles. The number of fused-ring (bicyclic) bond motifs is 1. The van der Waals surface area contributed by atoms with Crippen molar-refractivity contribution in [3.05, 3.63) is 59.2 Å². The molecule has 3 rings (SSSR count). The van der Waals surface area contributed by atoms with Gasteiger partial charge >= 0.3 is 0 Å². The molecule has 0 unspecified atom stereocenters. The summed E-state index contributed by atoms with van der Waals surface area (Å²) in [7, 11) is 0. The van der Waals surface area contributed by atoms with E-state index >= 15 is 0 Å². The fourth-order valence-electron chi connectivity index (χ4n) is 2.52. The Labute approximate surface area is 112 Å². The van der Waals surface area contributed by atoms with Gasteiger partial charge in [-0.05, 0) is 36.1 Å². The van der Waals surface area contributed by atoms with Crippen molar-refractivity contribution < 1.29 is 4.42 Å². The van der Waals surface area contributed by atoms with Gasteiger partial charge in [-0.3, -0.25) is 0 Å². The Bertz CT molecular complexity index is 701. The van der Waals surface area contributed by atoms with Gasteiger partial charge in [0.1, 0.15) is 5.58 Å². The van der Waals surface area contributed by atoms with E-state index in [2.05, 4.69) is 43.4 Å². The zero-order chi connectivity index (χ0) is 13.2. The maximum Gasteiger partial charge on any atom is 0.198 e. The van der Waals surface area contributed by atoms with E-state index in [1.165, 1.54) is 11.1 Å². The molecule has 96 valence electrons. The van der Waals surface area contributed by atoms with Crippen LogP contribution in [0.25, 0.3) is 17.0 Å². The van der Waals surface area contributed by atoms with Crippen molar-refractivity contribution in [1.82, 2.24) is 0 Å². The maximum absolute atomic E-state index is 6.04.